The quantitative estimate of drug-likeness (QED) is 0.331. The van der Waals surface area contributed by atoms with Crippen LogP contribution in [0.2, 0.25) is 0 Å². The Morgan fingerprint density at radius 1 is 1.23 bits per heavy atom. The van der Waals surface area contributed by atoms with E-state index in [0.717, 1.165) is 11.3 Å². The fourth-order valence-corrected chi connectivity index (χ4v) is 4.21. The van der Waals surface area contributed by atoms with Gasteiger partial charge in [0.15, 0.2) is 0 Å². The van der Waals surface area contributed by atoms with E-state index in [1.165, 1.54) is 29.2 Å². The molecule has 1 fully saturated rings. The summed E-state index contributed by atoms with van der Waals surface area (Å²) in [6.45, 7) is 2.65. The molecule has 1 amide bonds. The van der Waals surface area contributed by atoms with Gasteiger partial charge in [0.2, 0.25) is 0 Å². The number of amides is 1. The lowest BCUT2D eigenvalue weighted by molar-refractivity contribution is -0.140. The number of aliphatic hydroxyl groups is 1. The minimum absolute atomic E-state index is 0.000869. The maximum atomic E-state index is 13.5. The van der Waals surface area contributed by atoms with Crippen LogP contribution < -0.4 is 4.74 Å². The molecule has 4 rings (SSSR count). The van der Waals surface area contributed by atoms with Gasteiger partial charge in [-0.3, -0.25) is 9.59 Å². The Labute approximate surface area is 179 Å². The summed E-state index contributed by atoms with van der Waals surface area (Å²) in [5.74, 6) is -1.37. The van der Waals surface area contributed by atoms with Crippen molar-refractivity contribution in [2.45, 2.75) is 31.9 Å². The lowest BCUT2D eigenvalue weighted by Crippen LogP contribution is -2.31. The van der Waals surface area contributed by atoms with Crippen molar-refractivity contribution in [3.63, 3.8) is 0 Å². The molecule has 0 bridgehead atoms. The molecule has 0 aromatic heterocycles. The summed E-state index contributed by atoms with van der Waals surface area (Å²) in [7, 11) is 1.56. The largest absolute Gasteiger partial charge is 0.507 e. The smallest absolute Gasteiger partial charge is 0.295 e. The van der Waals surface area contributed by atoms with Gasteiger partial charge < -0.3 is 19.5 Å². The van der Waals surface area contributed by atoms with Crippen LogP contribution in [0, 0.1) is 5.82 Å². The number of hydrogen-bond donors (Lipinski definition) is 1. The molecular weight excluding hydrogens is 401 g/mol. The topological polar surface area (TPSA) is 76.1 Å². The normalized spacial score (nSPS) is 22.0. The Balaban J connectivity index is 1.79. The molecule has 2 unspecified atom stereocenters. The molecule has 2 aromatic rings. The maximum absolute atomic E-state index is 13.5. The standard InChI is InChI=1S/C24H24FNO5/c1-14-12-17-13-16(6-9-19(17)31-14)22(27)20-21(15-4-7-18(25)8-5-15)26(10-3-11-30-2)24(29)23(20)28/h4-9,13-14,21,27H,3,10-12H2,1-2H3/b22-20+. The zero-order valence-corrected chi connectivity index (χ0v) is 17.4. The summed E-state index contributed by atoms with van der Waals surface area (Å²) >= 11 is 0. The van der Waals surface area contributed by atoms with E-state index in [1.54, 1.807) is 25.3 Å². The number of Topliss-reactive ketones (excluding diaryl/α,β-unsaturated/α-hetero) is 1. The number of ketones is 1. The highest BCUT2D eigenvalue weighted by atomic mass is 19.1. The molecule has 1 N–H and O–H groups in total. The molecule has 2 heterocycles. The summed E-state index contributed by atoms with van der Waals surface area (Å²) in [4.78, 5) is 27.2. The molecule has 7 heteroatoms. The summed E-state index contributed by atoms with van der Waals surface area (Å²) in [6, 6.07) is 10.0. The molecule has 2 aliphatic rings. The number of fused-ring (bicyclic) bond motifs is 1. The third-order valence-corrected chi connectivity index (χ3v) is 5.64. The van der Waals surface area contributed by atoms with Crippen LogP contribution in [0.4, 0.5) is 4.39 Å². The van der Waals surface area contributed by atoms with Gasteiger partial charge >= 0.3 is 0 Å². The van der Waals surface area contributed by atoms with Gasteiger partial charge in [-0.05, 0) is 54.8 Å². The van der Waals surface area contributed by atoms with Crippen LogP contribution >= 0.6 is 0 Å². The third-order valence-electron chi connectivity index (χ3n) is 5.64. The number of rotatable bonds is 6. The van der Waals surface area contributed by atoms with Crippen molar-refractivity contribution in [3.8, 4) is 5.75 Å². The second-order valence-electron chi connectivity index (χ2n) is 7.85. The van der Waals surface area contributed by atoms with Crippen molar-refractivity contribution >= 4 is 17.4 Å². The van der Waals surface area contributed by atoms with Crippen molar-refractivity contribution in [2.75, 3.05) is 20.3 Å². The van der Waals surface area contributed by atoms with E-state index in [1.807, 2.05) is 6.92 Å². The van der Waals surface area contributed by atoms with Crippen LogP contribution in [0.5, 0.6) is 5.75 Å². The van der Waals surface area contributed by atoms with Crippen molar-refractivity contribution in [3.05, 3.63) is 70.5 Å². The van der Waals surface area contributed by atoms with Crippen LogP contribution in [0.1, 0.15) is 36.1 Å². The van der Waals surface area contributed by atoms with Crippen molar-refractivity contribution in [1.29, 1.82) is 0 Å². The zero-order chi connectivity index (χ0) is 22.1. The number of ether oxygens (including phenoxy) is 2. The predicted octanol–water partition coefficient (Wildman–Crippen LogP) is 3.61. The number of halogens is 1. The van der Waals surface area contributed by atoms with Crippen LogP contribution in [-0.2, 0) is 20.7 Å². The summed E-state index contributed by atoms with van der Waals surface area (Å²) in [6.07, 6.45) is 1.26. The molecule has 2 aliphatic heterocycles. The van der Waals surface area contributed by atoms with Gasteiger partial charge in [-0.1, -0.05) is 12.1 Å². The van der Waals surface area contributed by atoms with E-state index in [0.29, 0.717) is 30.6 Å². The van der Waals surface area contributed by atoms with Gasteiger partial charge in [0.05, 0.1) is 11.6 Å². The number of hydrogen-bond acceptors (Lipinski definition) is 5. The second-order valence-corrected chi connectivity index (χ2v) is 7.85. The van der Waals surface area contributed by atoms with Gasteiger partial charge in [-0.15, -0.1) is 0 Å². The zero-order valence-electron chi connectivity index (χ0n) is 17.4. The van der Waals surface area contributed by atoms with E-state index < -0.39 is 23.5 Å². The van der Waals surface area contributed by atoms with Crippen molar-refractivity contribution in [1.82, 2.24) is 4.90 Å². The van der Waals surface area contributed by atoms with Gasteiger partial charge in [-0.2, -0.15) is 0 Å². The lowest BCUT2D eigenvalue weighted by Gasteiger charge is -2.25. The Bertz CT molecular complexity index is 1050. The first-order valence-electron chi connectivity index (χ1n) is 10.2. The van der Waals surface area contributed by atoms with E-state index in [-0.39, 0.29) is 24.0 Å². The number of methoxy groups -OCH3 is 1. The number of likely N-dealkylation sites (tertiary alicyclic amines) is 1. The number of carbonyl (C=O) groups excluding carboxylic acids is 2. The molecule has 162 valence electrons. The highest BCUT2D eigenvalue weighted by Crippen LogP contribution is 2.40. The van der Waals surface area contributed by atoms with E-state index >= 15 is 0 Å². The Morgan fingerprint density at radius 3 is 2.68 bits per heavy atom. The summed E-state index contributed by atoms with van der Waals surface area (Å²) < 4.78 is 24.3. The fourth-order valence-electron chi connectivity index (χ4n) is 4.21. The van der Waals surface area contributed by atoms with Crippen LogP contribution in [0.15, 0.2) is 48.0 Å². The average molecular weight is 425 g/mol. The summed E-state index contributed by atoms with van der Waals surface area (Å²) in [5.41, 5.74) is 1.93. The minimum atomic E-state index is -0.805. The van der Waals surface area contributed by atoms with Gasteiger partial charge in [0.1, 0.15) is 23.4 Å². The SMILES string of the molecule is COCCCN1C(=O)C(=O)/C(=C(/O)c2ccc3c(c2)CC(C)O3)C1c1ccc(F)cc1. The van der Waals surface area contributed by atoms with Crippen molar-refractivity contribution < 1.29 is 28.6 Å². The molecule has 2 atom stereocenters. The predicted molar refractivity (Wildman–Crippen MR) is 112 cm³/mol. The highest BCUT2D eigenvalue weighted by Gasteiger charge is 2.45. The number of carbonyl (C=O) groups is 2. The number of aliphatic hydroxyl groups excluding tert-OH is 1. The molecule has 6 nitrogen and oxygen atoms in total. The maximum Gasteiger partial charge on any atom is 0.295 e. The fraction of sp³-hybridized carbons (Fsp3) is 0.333. The van der Waals surface area contributed by atoms with Crippen LogP contribution in [0.25, 0.3) is 5.76 Å². The summed E-state index contributed by atoms with van der Waals surface area (Å²) in [5, 5.41) is 11.1. The first kappa shape index (κ1) is 21.1. The number of benzene rings is 2. The third kappa shape index (κ3) is 3.93. The minimum Gasteiger partial charge on any atom is -0.507 e. The Kier molecular flexibility index (Phi) is 5.78. The second kappa shape index (κ2) is 8.51. The van der Waals surface area contributed by atoms with Crippen LogP contribution in [-0.4, -0.2) is 48.1 Å². The van der Waals surface area contributed by atoms with Gasteiger partial charge in [0.25, 0.3) is 11.7 Å². The van der Waals surface area contributed by atoms with E-state index in [2.05, 4.69) is 0 Å². The molecule has 0 aliphatic carbocycles. The molecule has 31 heavy (non-hydrogen) atoms. The van der Waals surface area contributed by atoms with Gasteiger partial charge in [0, 0.05) is 32.2 Å². The lowest BCUT2D eigenvalue weighted by atomic mass is 9.94. The molecule has 0 radical (unpaired) electrons. The molecule has 1 saturated heterocycles. The number of nitrogens with zero attached hydrogens (tertiary/aromatic N) is 1. The highest BCUT2D eigenvalue weighted by molar-refractivity contribution is 6.46. The molecule has 0 spiro atoms. The molecular formula is C24H24FNO5. The Morgan fingerprint density at radius 2 is 1.97 bits per heavy atom. The van der Waals surface area contributed by atoms with E-state index in [9.17, 15) is 19.1 Å². The first-order chi connectivity index (χ1) is 14.9. The van der Waals surface area contributed by atoms with Crippen molar-refractivity contribution in [2.24, 2.45) is 0 Å². The average Bonchev–Trinajstić information content (AvgIpc) is 3.25. The Hall–Kier alpha value is -3.19. The van der Waals surface area contributed by atoms with Gasteiger partial charge in [-0.25, -0.2) is 4.39 Å². The molecule has 0 saturated carbocycles. The van der Waals surface area contributed by atoms with E-state index in [4.69, 9.17) is 9.47 Å². The monoisotopic (exact) mass is 425 g/mol. The first-order valence-corrected chi connectivity index (χ1v) is 10.2. The van der Waals surface area contributed by atoms with Crippen LogP contribution in [0.3, 0.4) is 0 Å². The molecule has 2 aromatic carbocycles.